The Morgan fingerprint density at radius 2 is 2.15 bits per heavy atom. The van der Waals surface area contributed by atoms with E-state index in [9.17, 15) is 4.79 Å². The average Bonchev–Trinajstić information content (AvgIpc) is 2.81. The number of ether oxygens (including phenoxy) is 1. The van der Waals surface area contributed by atoms with Crippen molar-refractivity contribution in [3.8, 4) is 5.75 Å². The van der Waals surface area contributed by atoms with Gasteiger partial charge in [-0.3, -0.25) is 9.78 Å². The van der Waals surface area contributed by atoms with Gasteiger partial charge in [-0.1, -0.05) is 6.92 Å². The van der Waals surface area contributed by atoms with Crippen LogP contribution in [0.1, 0.15) is 28.6 Å². The molecule has 2 heterocycles. The molecule has 0 amide bonds. The fourth-order valence-corrected chi connectivity index (χ4v) is 2.89. The molecular formula is C14H17N3O2S. The van der Waals surface area contributed by atoms with E-state index in [1.165, 1.54) is 11.3 Å². The zero-order valence-corrected chi connectivity index (χ0v) is 12.3. The van der Waals surface area contributed by atoms with Crippen LogP contribution in [0.2, 0.25) is 0 Å². The van der Waals surface area contributed by atoms with E-state index in [-0.39, 0.29) is 5.78 Å². The molecule has 0 saturated carbocycles. The predicted octanol–water partition coefficient (Wildman–Crippen LogP) is 2.94. The lowest BCUT2D eigenvalue weighted by Gasteiger charge is -2.06. The lowest BCUT2D eigenvalue weighted by molar-refractivity contribution is 0.0992. The summed E-state index contributed by atoms with van der Waals surface area (Å²) in [5.41, 5.74) is 7.49. The van der Waals surface area contributed by atoms with Crippen LogP contribution in [0.5, 0.6) is 5.75 Å². The van der Waals surface area contributed by atoms with Gasteiger partial charge in [0.25, 0.3) is 0 Å². The van der Waals surface area contributed by atoms with Gasteiger partial charge < -0.3 is 15.8 Å². The zero-order valence-electron chi connectivity index (χ0n) is 11.5. The molecule has 106 valence electrons. The molecule has 5 nitrogen and oxygen atoms in total. The van der Waals surface area contributed by atoms with Gasteiger partial charge in [0.05, 0.1) is 17.7 Å². The number of rotatable bonds is 6. The second kappa shape index (κ2) is 6.38. The highest BCUT2D eigenvalue weighted by molar-refractivity contribution is 7.19. The fraction of sp³-hybridized carbons (Fsp3) is 0.286. The van der Waals surface area contributed by atoms with Crippen molar-refractivity contribution in [3.05, 3.63) is 35.0 Å². The average molecular weight is 291 g/mol. The van der Waals surface area contributed by atoms with Crippen LogP contribution < -0.4 is 15.8 Å². The van der Waals surface area contributed by atoms with E-state index in [1.54, 1.807) is 19.5 Å². The Hall–Kier alpha value is -2.08. The SMILES string of the molecule is CCC(=O)c1sc(NCc2ccncc2)c(OC)c1N. The molecule has 0 atom stereocenters. The quantitative estimate of drug-likeness (QED) is 0.800. The van der Waals surface area contributed by atoms with E-state index in [4.69, 9.17) is 10.5 Å². The molecule has 2 aromatic rings. The topological polar surface area (TPSA) is 77.2 Å². The summed E-state index contributed by atoms with van der Waals surface area (Å²) in [6.45, 7) is 2.44. The van der Waals surface area contributed by atoms with Crippen LogP contribution >= 0.6 is 11.3 Å². The number of carbonyl (C=O) groups is 1. The normalized spacial score (nSPS) is 10.3. The summed E-state index contributed by atoms with van der Waals surface area (Å²) in [5, 5.41) is 4.03. The molecule has 2 aromatic heterocycles. The van der Waals surface area contributed by atoms with Gasteiger partial charge in [0.15, 0.2) is 11.5 Å². The zero-order chi connectivity index (χ0) is 14.5. The Bertz CT molecular complexity index is 596. The molecule has 0 aliphatic heterocycles. The third-order valence-corrected chi connectivity index (χ3v) is 4.07. The molecule has 0 aliphatic rings. The number of nitrogen functional groups attached to an aromatic ring is 1. The monoisotopic (exact) mass is 291 g/mol. The van der Waals surface area contributed by atoms with Crippen molar-refractivity contribution in [3.63, 3.8) is 0 Å². The molecule has 0 unspecified atom stereocenters. The number of Topliss-reactive ketones (excluding diaryl/α,β-unsaturated/α-hetero) is 1. The smallest absolute Gasteiger partial charge is 0.176 e. The van der Waals surface area contributed by atoms with E-state index in [0.29, 0.717) is 29.3 Å². The lowest BCUT2D eigenvalue weighted by Crippen LogP contribution is -2.00. The Morgan fingerprint density at radius 1 is 1.45 bits per heavy atom. The molecule has 0 radical (unpaired) electrons. The van der Waals surface area contributed by atoms with Gasteiger partial charge in [-0.2, -0.15) is 0 Å². The number of carbonyl (C=O) groups excluding carboxylic acids is 1. The summed E-state index contributed by atoms with van der Waals surface area (Å²) in [5.74, 6) is 0.573. The number of nitrogens with one attached hydrogen (secondary N) is 1. The molecule has 20 heavy (non-hydrogen) atoms. The number of ketones is 1. The van der Waals surface area contributed by atoms with E-state index in [1.807, 2.05) is 19.1 Å². The fourth-order valence-electron chi connectivity index (χ4n) is 1.80. The Morgan fingerprint density at radius 3 is 2.75 bits per heavy atom. The predicted molar refractivity (Wildman–Crippen MR) is 81.5 cm³/mol. The van der Waals surface area contributed by atoms with Gasteiger partial charge in [0, 0.05) is 25.4 Å². The first-order valence-corrected chi connectivity index (χ1v) is 7.11. The van der Waals surface area contributed by atoms with Crippen LogP contribution in [-0.2, 0) is 6.54 Å². The van der Waals surface area contributed by atoms with Gasteiger partial charge >= 0.3 is 0 Å². The third kappa shape index (κ3) is 2.91. The minimum absolute atomic E-state index is 0.0303. The Labute approximate surface area is 121 Å². The molecule has 3 N–H and O–H groups in total. The molecule has 0 spiro atoms. The molecule has 0 bridgehead atoms. The van der Waals surface area contributed by atoms with E-state index >= 15 is 0 Å². The highest BCUT2D eigenvalue weighted by Crippen LogP contribution is 2.43. The Balaban J connectivity index is 2.21. The summed E-state index contributed by atoms with van der Waals surface area (Å²) < 4.78 is 5.30. The number of nitrogens with zero attached hydrogens (tertiary/aromatic N) is 1. The van der Waals surface area contributed by atoms with Gasteiger partial charge in [-0.15, -0.1) is 11.3 Å². The van der Waals surface area contributed by atoms with Crippen molar-refractivity contribution in [2.24, 2.45) is 0 Å². The lowest BCUT2D eigenvalue weighted by atomic mass is 10.2. The number of aromatic nitrogens is 1. The van der Waals surface area contributed by atoms with Crippen molar-refractivity contribution in [2.75, 3.05) is 18.2 Å². The summed E-state index contributed by atoms with van der Waals surface area (Å²) in [6, 6.07) is 3.85. The van der Waals surface area contributed by atoms with Crippen LogP contribution in [0.15, 0.2) is 24.5 Å². The van der Waals surface area contributed by atoms with Crippen LogP contribution in [0.25, 0.3) is 0 Å². The molecule has 2 rings (SSSR count). The largest absolute Gasteiger partial charge is 0.492 e. The van der Waals surface area contributed by atoms with Crippen LogP contribution in [0.4, 0.5) is 10.7 Å². The maximum atomic E-state index is 11.8. The minimum Gasteiger partial charge on any atom is -0.492 e. The molecule has 0 aromatic carbocycles. The molecular weight excluding hydrogens is 274 g/mol. The minimum atomic E-state index is 0.0303. The number of pyridine rings is 1. The first kappa shape index (κ1) is 14.3. The van der Waals surface area contributed by atoms with Crippen LogP contribution in [0.3, 0.4) is 0 Å². The maximum Gasteiger partial charge on any atom is 0.176 e. The molecule has 0 aliphatic carbocycles. The summed E-state index contributed by atoms with van der Waals surface area (Å²) >= 11 is 1.34. The number of hydrogen-bond donors (Lipinski definition) is 2. The van der Waals surface area contributed by atoms with Gasteiger partial charge in [-0.05, 0) is 17.7 Å². The molecule has 0 saturated heterocycles. The van der Waals surface area contributed by atoms with Gasteiger partial charge in [-0.25, -0.2) is 0 Å². The van der Waals surface area contributed by atoms with Gasteiger partial charge in [0.2, 0.25) is 0 Å². The Kier molecular flexibility index (Phi) is 4.57. The van der Waals surface area contributed by atoms with E-state index < -0.39 is 0 Å². The first-order chi connectivity index (χ1) is 9.67. The van der Waals surface area contributed by atoms with Gasteiger partial charge in [0.1, 0.15) is 5.00 Å². The van der Waals surface area contributed by atoms with E-state index in [2.05, 4.69) is 10.3 Å². The number of anilines is 2. The highest BCUT2D eigenvalue weighted by Gasteiger charge is 2.20. The van der Waals surface area contributed by atoms with Crippen LogP contribution in [0, 0.1) is 0 Å². The third-order valence-electron chi connectivity index (χ3n) is 2.88. The summed E-state index contributed by atoms with van der Waals surface area (Å²) in [6.07, 6.45) is 3.91. The first-order valence-electron chi connectivity index (χ1n) is 6.29. The molecule has 0 fully saturated rings. The highest BCUT2D eigenvalue weighted by atomic mass is 32.1. The van der Waals surface area contributed by atoms with E-state index in [0.717, 1.165) is 10.6 Å². The standard InChI is InChI=1S/C14H17N3O2S/c1-3-10(18)13-11(15)12(19-2)14(20-13)17-8-9-4-6-16-7-5-9/h4-7,17H,3,8,15H2,1-2H3. The van der Waals surface area contributed by atoms with Crippen molar-refractivity contribution in [1.82, 2.24) is 4.98 Å². The van der Waals surface area contributed by atoms with Crippen molar-refractivity contribution >= 4 is 27.8 Å². The van der Waals surface area contributed by atoms with Crippen molar-refractivity contribution < 1.29 is 9.53 Å². The number of hydrogen-bond acceptors (Lipinski definition) is 6. The van der Waals surface area contributed by atoms with Crippen molar-refractivity contribution in [1.29, 1.82) is 0 Å². The number of nitrogens with two attached hydrogens (primary N) is 1. The summed E-state index contributed by atoms with van der Waals surface area (Å²) in [4.78, 5) is 16.4. The molecule has 6 heteroatoms. The second-order valence-electron chi connectivity index (χ2n) is 4.19. The second-order valence-corrected chi connectivity index (χ2v) is 5.21. The van der Waals surface area contributed by atoms with Crippen molar-refractivity contribution in [2.45, 2.75) is 19.9 Å². The maximum absolute atomic E-state index is 11.8. The van der Waals surface area contributed by atoms with Crippen LogP contribution in [-0.4, -0.2) is 17.9 Å². The number of methoxy groups -OCH3 is 1. The number of thiophene rings is 1. The summed E-state index contributed by atoms with van der Waals surface area (Å²) in [7, 11) is 1.55.